The molecule has 1 amide bonds. The second-order valence-electron chi connectivity index (χ2n) is 8.38. The molecular formula is C30H37NO5. The first-order valence-corrected chi connectivity index (χ1v) is 12.5. The van der Waals surface area contributed by atoms with E-state index >= 15 is 0 Å². The number of nitrogens with one attached hydrogen (secondary N) is 1. The molecule has 3 aromatic rings. The van der Waals surface area contributed by atoms with E-state index in [1.54, 1.807) is 12.1 Å². The van der Waals surface area contributed by atoms with Crippen LogP contribution in [-0.4, -0.2) is 23.5 Å². The number of carbonyl (C=O) groups is 2. The predicted molar refractivity (Wildman–Crippen MR) is 142 cm³/mol. The molecule has 6 nitrogen and oxygen atoms in total. The maximum Gasteiger partial charge on any atom is 0.305 e. The summed E-state index contributed by atoms with van der Waals surface area (Å²) in [7, 11) is 0. The van der Waals surface area contributed by atoms with Crippen LogP contribution < -0.4 is 14.8 Å². The number of carboxylic acid groups (broad SMARTS) is 1. The van der Waals surface area contributed by atoms with Gasteiger partial charge in [-0.15, -0.1) is 0 Å². The Morgan fingerprint density at radius 2 is 1.47 bits per heavy atom. The molecule has 0 aromatic heterocycles. The average Bonchev–Trinajstić information content (AvgIpc) is 2.89. The third-order valence-corrected chi connectivity index (χ3v) is 5.36. The molecule has 0 aliphatic rings. The van der Waals surface area contributed by atoms with Crippen molar-refractivity contribution >= 4 is 11.9 Å². The zero-order valence-corrected chi connectivity index (χ0v) is 21.4. The highest BCUT2D eigenvalue weighted by molar-refractivity contribution is 5.94. The average molecular weight is 492 g/mol. The van der Waals surface area contributed by atoms with Crippen LogP contribution in [0.4, 0.5) is 0 Å². The molecule has 3 aromatic carbocycles. The fourth-order valence-corrected chi connectivity index (χ4v) is 3.27. The fourth-order valence-electron chi connectivity index (χ4n) is 3.27. The summed E-state index contributed by atoms with van der Waals surface area (Å²) in [5, 5.41) is 11.2. The van der Waals surface area contributed by atoms with E-state index in [1.165, 1.54) is 19.3 Å². The van der Waals surface area contributed by atoms with Crippen LogP contribution >= 0.6 is 0 Å². The quantitative estimate of drug-likeness (QED) is 0.291. The highest BCUT2D eigenvalue weighted by Gasteiger charge is 2.10. The molecule has 0 heterocycles. The van der Waals surface area contributed by atoms with Gasteiger partial charge in [0.1, 0.15) is 24.2 Å². The van der Waals surface area contributed by atoms with Crippen molar-refractivity contribution in [1.29, 1.82) is 0 Å². The van der Waals surface area contributed by atoms with Crippen LogP contribution in [0.15, 0.2) is 78.9 Å². The van der Waals surface area contributed by atoms with Gasteiger partial charge in [-0.05, 0) is 54.4 Å². The van der Waals surface area contributed by atoms with Crippen molar-refractivity contribution in [3.05, 3.63) is 95.6 Å². The molecule has 1 unspecified atom stereocenters. The Hall–Kier alpha value is -3.80. The van der Waals surface area contributed by atoms with Crippen molar-refractivity contribution in [2.24, 2.45) is 0 Å². The second-order valence-corrected chi connectivity index (χ2v) is 8.38. The number of rotatable bonds is 12. The molecule has 0 spiro atoms. The highest BCUT2D eigenvalue weighted by atomic mass is 16.5. The number of carboxylic acids is 1. The predicted octanol–water partition coefficient (Wildman–Crippen LogP) is 6.81. The van der Waals surface area contributed by atoms with Gasteiger partial charge in [0.25, 0.3) is 5.91 Å². The zero-order valence-electron chi connectivity index (χ0n) is 21.4. The van der Waals surface area contributed by atoms with E-state index in [1.807, 2.05) is 73.7 Å². The SMILES string of the molecule is CC(Oc1ccc(OCc2ccccc2)cc1)c1ccc(C(=O)NCCC(=O)O)cc1.CCCCC. The Morgan fingerprint density at radius 3 is 2.03 bits per heavy atom. The lowest BCUT2D eigenvalue weighted by Crippen LogP contribution is -2.25. The molecule has 0 saturated heterocycles. The van der Waals surface area contributed by atoms with Crippen LogP contribution in [0.5, 0.6) is 11.5 Å². The minimum atomic E-state index is -0.947. The molecular weight excluding hydrogens is 454 g/mol. The number of hydrogen-bond acceptors (Lipinski definition) is 4. The summed E-state index contributed by atoms with van der Waals surface area (Å²) >= 11 is 0. The Morgan fingerprint density at radius 1 is 0.861 bits per heavy atom. The Balaban J connectivity index is 0.000000830. The van der Waals surface area contributed by atoms with E-state index in [9.17, 15) is 9.59 Å². The monoisotopic (exact) mass is 491 g/mol. The largest absolute Gasteiger partial charge is 0.489 e. The molecule has 0 bridgehead atoms. The number of unbranched alkanes of at least 4 members (excludes halogenated alkanes) is 2. The van der Waals surface area contributed by atoms with Gasteiger partial charge in [-0.2, -0.15) is 0 Å². The van der Waals surface area contributed by atoms with Crippen molar-refractivity contribution in [2.45, 2.75) is 59.2 Å². The lowest BCUT2D eigenvalue weighted by molar-refractivity contribution is -0.136. The van der Waals surface area contributed by atoms with Crippen molar-refractivity contribution in [2.75, 3.05) is 6.54 Å². The normalized spacial score (nSPS) is 11.0. The molecule has 1 atom stereocenters. The Labute approximate surface area is 214 Å². The number of carbonyl (C=O) groups excluding carboxylic acids is 1. The van der Waals surface area contributed by atoms with Crippen molar-refractivity contribution < 1.29 is 24.2 Å². The van der Waals surface area contributed by atoms with Gasteiger partial charge in [-0.1, -0.05) is 75.6 Å². The van der Waals surface area contributed by atoms with Crippen molar-refractivity contribution in [1.82, 2.24) is 5.32 Å². The van der Waals surface area contributed by atoms with Crippen LogP contribution in [0.1, 0.15) is 74.0 Å². The van der Waals surface area contributed by atoms with E-state index in [0.29, 0.717) is 12.2 Å². The molecule has 36 heavy (non-hydrogen) atoms. The topological polar surface area (TPSA) is 84.9 Å². The fraction of sp³-hybridized carbons (Fsp3) is 0.333. The van der Waals surface area contributed by atoms with Gasteiger partial charge >= 0.3 is 5.97 Å². The van der Waals surface area contributed by atoms with Crippen LogP contribution in [0.25, 0.3) is 0 Å². The summed E-state index contributed by atoms with van der Waals surface area (Å²) in [5.41, 5.74) is 2.50. The molecule has 0 saturated carbocycles. The first kappa shape index (κ1) is 28.4. The van der Waals surface area contributed by atoms with Crippen LogP contribution in [-0.2, 0) is 11.4 Å². The molecule has 3 rings (SSSR count). The third kappa shape index (κ3) is 10.6. The van der Waals surface area contributed by atoms with Gasteiger partial charge in [0.2, 0.25) is 0 Å². The van der Waals surface area contributed by atoms with E-state index in [2.05, 4.69) is 19.2 Å². The van der Waals surface area contributed by atoms with Crippen LogP contribution in [0.2, 0.25) is 0 Å². The third-order valence-electron chi connectivity index (χ3n) is 5.36. The number of ether oxygens (including phenoxy) is 2. The van der Waals surface area contributed by atoms with Gasteiger partial charge in [0, 0.05) is 12.1 Å². The molecule has 2 N–H and O–H groups in total. The number of aliphatic carboxylic acids is 1. The van der Waals surface area contributed by atoms with E-state index < -0.39 is 5.97 Å². The number of benzene rings is 3. The van der Waals surface area contributed by atoms with Crippen molar-refractivity contribution in [3.8, 4) is 11.5 Å². The first-order chi connectivity index (χ1) is 17.4. The molecule has 6 heteroatoms. The minimum Gasteiger partial charge on any atom is -0.489 e. The summed E-state index contributed by atoms with van der Waals surface area (Å²) in [6.07, 6.45) is 3.76. The highest BCUT2D eigenvalue weighted by Crippen LogP contribution is 2.24. The Kier molecular flexibility index (Phi) is 12.6. The van der Waals surface area contributed by atoms with Gasteiger partial charge in [-0.25, -0.2) is 0 Å². The first-order valence-electron chi connectivity index (χ1n) is 12.5. The molecule has 0 aliphatic carbocycles. The van der Waals surface area contributed by atoms with Gasteiger partial charge < -0.3 is 19.9 Å². The van der Waals surface area contributed by atoms with Crippen molar-refractivity contribution in [3.63, 3.8) is 0 Å². The standard InChI is InChI=1S/C25H25NO5.C5H12/c1-18(20-7-9-21(10-8-20)25(29)26-16-15-24(27)28)31-23-13-11-22(12-14-23)30-17-19-5-3-2-4-6-19;1-3-5-4-2/h2-14,18H,15-17H2,1H3,(H,26,29)(H,27,28);3-5H2,1-2H3. The van der Waals surface area contributed by atoms with Gasteiger partial charge in [0.05, 0.1) is 6.42 Å². The summed E-state index contributed by atoms with van der Waals surface area (Å²) in [4.78, 5) is 22.6. The maximum absolute atomic E-state index is 12.0. The minimum absolute atomic E-state index is 0.0977. The molecule has 0 aliphatic heterocycles. The van der Waals surface area contributed by atoms with E-state index in [-0.39, 0.29) is 25.0 Å². The number of hydrogen-bond donors (Lipinski definition) is 2. The zero-order chi connectivity index (χ0) is 26.2. The smallest absolute Gasteiger partial charge is 0.305 e. The lowest BCUT2D eigenvalue weighted by Gasteiger charge is -2.16. The van der Waals surface area contributed by atoms with Crippen LogP contribution in [0, 0.1) is 0 Å². The van der Waals surface area contributed by atoms with E-state index in [4.69, 9.17) is 14.6 Å². The molecule has 0 fully saturated rings. The second kappa shape index (κ2) is 16.0. The summed E-state index contributed by atoms with van der Waals surface area (Å²) in [6.45, 7) is 6.96. The number of amides is 1. The maximum atomic E-state index is 12.0. The summed E-state index contributed by atoms with van der Waals surface area (Å²) in [5.74, 6) is 0.238. The summed E-state index contributed by atoms with van der Waals surface area (Å²) in [6, 6.07) is 24.5. The molecule has 192 valence electrons. The van der Waals surface area contributed by atoms with E-state index in [0.717, 1.165) is 22.6 Å². The lowest BCUT2D eigenvalue weighted by atomic mass is 10.1. The summed E-state index contributed by atoms with van der Waals surface area (Å²) < 4.78 is 11.8. The van der Waals surface area contributed by atoms with Gasteiger partial charge in [0.15, 0.2) is 0 Å². The Bertz CT molecular complexity index is 1030. The van der Waals surface area contributed by atoms with Gasteiger partial charge in [-0.3, -0.25) is 9.59 Å². The molecule has 0 radical (unpaired) electrons. The van der Waals surface area contributed by atoms with Crippen LogP contribution in [0.3, 0.4) is 0 Å².